The van der Waals surface area contributed by atoms with Crippen LogP contribution in [0.15, 0.2) is 34.5 Å². The number of carbonyl (C=O) groups is 1. The SMILES string of the molecule is COc1ccc(C)cc1NC(=O)CSc1nc2c(=O)[nH]cnc2n1C[C@H]1CCCO1. The molecule has 1 saturated heterocycles. The third kappa shape index (κ3) is 4.34. The predicted octanol–water partition coefficient (Wildman–Crippen LogP) is 2.35. The van der Waals surface area contributed by atoms with Crippen LogP contribution in [-0.4, -0.2) is 51.0 Å². The minimum Gasteiger partial charge on any atom is -0.495 e. The average molecular weight is 430 g/mol. The van der Waals surface area contributed by atoms with Crippen LogP contribution in [0, 0.1) is 6.92 Å². The van der Waals surface area contributed by atoms with Crippen LogP contribution in [0.5, 0.6) is 5.75 Å². The lowest BCUT2D eigenvalue weighted by Crippen LogP contribution is -2.18. The number of carbonyl (C=O) groups excluding carboxylic acids is 1. The first-order chi connectivity index (χ1) is 14.5. The number of benzene rings is 1. The highest BCUT2D eigenvalue weighted by Gasteiger charge is 2.22. The number of amides is 1. The van der Waals surface area contributed by atoms with Gasteiger partial charge in [-0.25, -0.2) is 9.97 Å². The molecule has 1 aromatic carbocycles. The number of anilines is 1. The zero-order valence-corrected chi connectivity index (χ0v) is 17.6. The largest absolute Gasteiger partial charge is 0.495 e. The van der Waals surface area contributed by atoms with Crippen LogP contribution in [0.1, 0.15) is 18.4 Å². The van der Waals surface area contributed by atoms with Gasteiger partial charge in [0.05, 0.1) is 37.5 Å². The zero-order chi connectivity index (χ0) is 21.1. The van der Waals surface area contributed by atoms with E-state index in [0.29, 0.717) is 28.8 Å². The minimum absolute atomic E-state index is 0.0493. The van der Waals surface area contributed by atoms with E-state index in [1.165, 1.54) is 18.1 Å². The molecule has 0 radical (unpaired) electrons. The van der Waals surface area contributed by atoms with Crippen LogP contribution < -0.4 is 15.6 Å². The van der Waals surface area contributed by atoms with Gasteiger partial charge in [0.2, 0.25) is 5.91 Å². The smallest absolute Gasteiger partial charge is 0.278 e. The number of ether oxygens (including phenoxy) is 2. The van der Waals surface area contributed by atoms with Gasteiger partial charge in [-0.05, 0) is 37.5 Å². The summed E-state index contributed by atoms with van der Waals surface area (Å²) in [5, 5.41) is 3.45. The molecule has 2 N–H and O–H groups in total. The fourth-order valence-corrected chi connectivity index (χ4v) is 4.24. The first-order valence-corrected chi connectivity index (χ1v) is 10.7. The third-order valence-corrected chi connectivity index (χ3v) is 5.85. The number of aromatic amines is 1. The van der Waals surface area contributed by atoms with Crippen molar-refractivity contribution in [2.45, 2.75) is 37.6 Å². The van der Waals surface area contributed by atoms with Crippen LogP contribution in [-0.2, 0) is 16.1 Å². The van der Waals surface area contributed by atoms with E-state index in [1.54, 1.807) is 7.11 Å². The molecule has 1 aliphatic heterocycles. The Labute approximate surface area is 177 Å². The number of fused-ring (bicyclic) bond motifs is 1. The third-order valence-electron chi connectivity index (χ3n) is 4.88. The molecule has 30 heavy (non-hydrogen) atoms. The molecule has 2 aromatic heterocycles. The van der Waals surface area contributed by atoms with Crippen LogP contribution in [0.4, 0.5) is 5.69 Å². The fraction of sp³-hybridized carbons (Fsp3) is 0.400. The Bertz CT molecular complexity index is 1120. The van der Waals surface area contributed by atoms with Crippen molar-refractivity contribution >= 4 is 34.5 Å². The van der Waals surface area contributed by atoms with E-state index < -0.39 is 0 Å². The van der Waals surface area contributed by atoms with Crippen molar-refractivity contribution in [3.8, 4) is 5.75 Å². The number of rotatable bonds is 7. The van der Waals surface area contributed by atoms with Crippen LogP contribution in [0.3, 0.4) is 0 Å². The number of hydrogen-bond acceptors (Lipinski definition) is 7. The number of nitrogens with one attached hydrogen (secondary N) is 2. The second kappa shape index (κ2) is 8.88. The average Bonchev–Trinajstić information content (AvgIpc) is 3.36. The maximum Gasteiger partial charge on any atom is 0.278 e. The molecule has 0 aliphatic carbocycles. The lowest BCUT2D eigenvalue weighted by molar-refractivity contribution is -0.113. The number of thioether (sulfide) groups is 1. The molecule has 4 rings (SSSR count). The molecule has 1 fully saturated rings. The molecule has 1 aliphatic rings. The first-order valence-electron chi connectivity index (χ1n) is 9.68. The van der Waals surface area contributed by atoms with Gasteiger partial charge in [0.1, 0.15) is 5.75 Å². The molecule has 9 nitrogen and oxygen atoms in total. The molecule has 0 saturated carbocycles. The quantitative estimate of drug-likeness (QED) is 0.555. The van der Waals surface area contributed by atoms with Gasteiger partial charge in [0.25, 0.3) is 5.56 Å². The maximum absolute atomic E-state index is 12.6. The highest BCUT2D eigenvalue weighted by Crippen LogP contribution is 2.27. The van der Waals surface area contributed by atoms with Gasteiger partial charge in [0, 0.05) is 6.61 Å². The highest BCUT2D eigenvalue weighted by molar-refractivity contribution is 7.99. The predicted molar refractivity (Wildman–Crippen MR) is 114 cm³/mol. The van der Waals surface area contributed by atoms with Gasteiger partial charge < -0.3 is 24.3 Å². The summed E-state index contributed by atoms with van der Waals surface area (Å²) in [6.45, 7) is 3.22. The van der Waals surface area contributed by atoms with E-state index >= 15 is 0 Å². The lowest BCUT2D eigenvalue weighted by Gasteiger charge is -2.13. The normalized spacial score (nSPS) is 16.1. The number of methoxy groups -OCH3 is 1. The van der Waals surface area contributed by atoms with E-state index in [1.807, 2.05) is 29.7 Å². The van der Waals surface area contributed by atoms with Crippen molar-refractivity contribution in [2.24, 2.45) is 0 Å². The van der Waals surface area contributed by atoms with Crippen molar-refractivity contribution in [1.82, 2.24) is 19.5 Å². The first kappa shape index (κ1) is 20.4. The standard InChI is InChI=1S/C20H23N5O4S/c1-12-5-6-15(28-2)14(8-12)23-16(26)10-30-20-24-17-18(21-11-22-19(17)27)25(20)9-13-4-3-7-29-13/h5-6,8,11,13H,3-4,7,9-10H2,1-2H3,(H,23,26)(H,21,22,27)/t13-/m1/s1. The molecule has 3 aromatic rings. The number of H-pyrrole nitrogens is 1. The van der Waals surface area contributed by atoms with E-state index in [9.17, 15) is 9.59 Å². The fourth-order valence-electron chi connectivity index (χ4n) is 3.43. The van der Waals surface area contributed by atoms with Crippen LogP contribution in [0.2, 0.25) is 0 Å². The summed E-state index contributed by atoms with van der Waals surface area (Å²) in [6.07, 6.45) is 3.37. The molecule has 1 atom stereocenters. The second-order valence-electron chi connectivity index (χ2n) is 7.08. The summed E-state index contributed by atoms with van der Waals surface area (Å²) in [5.41, 5.74) is 2.09. The van der Waals surface area contributed by atoms with E-state index in [4.69, 9.17) is 9.47 Å². The van der Waals surface area contributed by atoms with Crippen LogP contribution in [0.25, 0.3) is 11.2 Å². The summed E-state index contributed by atoms with van der Waals surface area (Å²) < 4.78 is 12.9. The van der Waals surface area contributed by atoms with Gasteiger partial charge >= 0.3 is 0 Å². The maximum atomic E-state index is 12.6. The Kier molecular flexibility index (Phi) is 6.05. The van der Waals surface area contributed by atoms with Crippen molar-refractivity contribution in [2.75, 3.05) is 24.8 Å². The lowest BCUT2D eigenvalue weighted by atomic mass is 10.2. The molecule has 10 heteroatoms. The number of aryl methyl sites for hydroxylation is 1. The number of imidazole rings is 1. The molecule has 0 bridgehead atoms. The number of aromatic nitrogens is 4. The number of nitrogens with zero attached hydrogens (tertiary/aromatic N) is 3. The van der Waals surface area contributed by atoms with E-state index in [0.717, 1.165) is 25.0 Å². The molecular weight excluding hydrogens is 406 g/mol. The topological polar surface area (TPSA) is 111 Å². The van der Waals surface area contributed by atoms with E-state index in [2.05, 4.69) is 20.3 Å². The molecule has 1 amide bonds. The van der Waals surface area contributed by atoms with Gasteiger partial charge in [0.15, 0.2) is 16.3 Å². The highest BCUT2D eigenvalue weighted by atomic mass is 32.2. The van der Waals surface area contributed by atoms with Crippen molar-refractivity contribution < 1.29 is 14.3 Å². The minimum atomic E-state index is -0.304. The number of hydrogen-bond donors (Lipinski definition) is 2. The Morgan fingerprint density at radius 2 is 2.33 bits per heavy atom. The molecular formula is C20H23N5O4S. The van der Waals surface area contributed by atoms with Gasteiger partial charge in [-0.3, -0.25) is 9.59 Å². The van der Waals surface area contributed by atoms with E-state index in [-0.39, 0.29) is 28.8 Å². The Hall–Kier alpha value is -2.85. The summed E-state index contributed by atoms with van der Waals surface area (Å²) in [4.78, 5) is 36.0. The van der Waals surface area contributed by atoms with Gasteiger partial charge in [-0.15, -0.1) is 0 Å². The van der Waals surface area contributed by atoms with Crippen LogP contribution >= 0.6 is 11.8 Å². The van der Waals surface area contributed by atoms with Crippen molar-refractivity contribution in [1.29, 1.82) is 0 Å². The van der Waals surface area contributed by atoms with Crippen molar-refractivity contribution in [3.05, 3.63) is 40.4 Å². The van der Waals surface area contributed by atoms with Gasteiger partial charge in [-0.1, -0.05) is 17.8 Å². The summed E-state index contributed by atoms with van der Waals surface area (Å²) in [7, 11) is 1.56. The molecule has 0 spiro atoms. The Morgan fingerprint density at radius 3 is 3.10 bits per heavy atom. The zero-order valence-electron chi connectivity index (χ0n) is 16.8. The molecule has 3 heterocycles. The Balaban J connectivity index is 1.53. The second-order valence-corrected chi connectivity index (χ2v) is 8.03. The summed E-state index contributed by atoms with van der Waals surface area (Å²) in [6, 6.07) is 5.59. The Morgan fingerprint density at radius 1 is 1.47 bits per heavy atom. The monoisotopic (exact) mass is 429 g/mol. The summed E-state index contributed by atoms with van der Waals surface area (Å²) in [5.74, 6) is 0.533. The molecule has 158 valence electrons. The molecule has 0 unspecified atom stereocenters. The van der Waals surface area contributed by atoms with Crippen molar-refractivity contribution in [3.63, 3.8) is 0 Å². The summed E-state index contributed by atoms with van der Waals surface area (Å²) >= 11 is 1.26. The van der Waals surface area contributed by atoms with Gasteiger partial charge in [-0.2, -0.15) is 0 Å².